The van der Waals surface area contributed by atoms with Crippen LogP contribution < -0.4 is 20.3 Å². The van der Waals surface area contributed by atoms with Gasteiger partial charge in [0.05, 0.1) is 26.4 Å². The molecule has 3 aromatic rings. The average Bonchev–Trinajstić information content (AvgIpc) is 3.40. The molecule has 0 bridgehead atoms. The maximum Gasteiger partial charge on any atom is 0.269 e. The van der Waals surface area contributed by atoms with Crippen molar-refractivity contribution in [1.29, 1.82) is 0 Å². The van der Waals surface area contributed by atoms with Gasteiger partial charge in [-0.05, 0) is 67.1 Å². The molecule has 1 aliphatic rings. The van der Waals surface area contributed by atoms with Crippen LogP contribution in [0.4, 0.5) is 0 Å². The topological polar surface area (TPSA) is 89.8 Å². The summed E-state index contributed by atoms with van der Waals surface area (Å²) in [5, 5.41) is 0.953. The number of aryl methyl sites for hydroxylation is 2. The van der Waals surface area contributed by atoms with E-state index in [1.54, 1.807) is 24.5 Å². The second-order valence-electron chi connectivity index (χ2n) is 7.62. The fraction of sp³-hybridized carbons (Fsp3) is 0.333. The van der Waals surface area contributed by atoms with E-state index < -0.39 is 5.91 Å². The Hall–Kier alpha value is -3.48. The van der Waals surface area contributed by atoms with Crippen LogP contribution in [-0.2, 0) is 24.1 Å². The molecule has 162 valence electrons. The molecular formula is C24H26N2O5. The van der Waals surface area contributed by atoms with E-state index in [1.807, 2.05) is 6.92 Å². The molecule has 31 heavy (non-hydrogen) atoms. The van der Waals surface area contributed by atoms with Crippen molar-refractivity contribution in [2.75, 3.05) is 13.7 Å². The summed E-state index contributed by atoms with van der Waals surface area (Å²) in [4.78, 5) is 24.9. The number of rotatable bonds is 7. The van der Waals surface area contributed by atoms with Gasteiger partial charge in [0, 0.05) is 16.5 Å². The smallest absolute Gasteiger partial charge is 0.269 e. The zero-order chi connectivity index (χ0) is 21.8. The first-order valence-electron chi connectivity index (χ1n) is 10.5. The zero-order valence-electron chi connectivity index (χ0n) is 17.7. The number of hydrogen-bond acceptors (Lipinski definition) is 5. The van der Waals surface area contributed by atoms with E-state index in [4.69, 9.17) is 13.9 Å². The number of hydrogen-bond donors (Lipinski definition) is 2. The number of nitrogens with one attached hydrogen (secondary N) is 2. The molecule has 0 unspecified atom stereocenters. The summed E-state index contributed by atoms with van der Waals surface area (Å²) in [6.45, 7) is 2.57. The van der Waals surface area contributed by atoms with Gasteiger partial charge in [-0.2, -0.15) is 0 Å². The Morgan fingerprint density at radius 2 is 1.87 bits per heavy atom. The van der Waals surface area contributed by atoms with Crippen molar-refractivity contribution in [3.63, 3.8) is 0 Å². The third-order valence-electron chi connectivity index (χ3n) is 5.42. The van der Waals surface area contributed by atoms with Gasteiger partial charge in [-0.1, -0.05) is 6.92 Å². The molecule has 0 saturated heterocycles. The monoisotopic (exact) mass is 422 g/mol. The molecule has 7 heteroatoms. The highest BCUT2D eigenvalue weighted by Gasteiger charge is 2.17. The number of methoxy groups -OCH3 is 1. The summed E-state index contributed by atoms with van der Waals surface area (Å²) in [5.74, 6) is 0.267. The number of ether oxygens (including phenoxy) is 2. The lowest BCUT2D eigenvalue weighted by Crippen LogP contribution is -2.42. The first-order chi connectivity index (χ1) is 15.1. The molecule has 0 aliphatic heterocycles. The van der Waals surface area contributed by atoms with Crippen molar-refractivity contribution >= 4 is 22.8 Å². The van der Waals surface area contributed by atoms with Crippen LogP contribution in [0.15, 0.2) is 41.0 Å². The summed E-state index contributed by atoms with van der Waals surface area (Å²) < 4.78 is 16.5. The number of carbonyl (C=O) groups excluding carboxylic acids is 2. The summed E-state index contributed by atoms with van der Waals surface area (Å²) in [5.41, 5.74) is 9.52. The second kappa shape index (κ2) is 9.12. The molecule has 0 fully saturated rings. The Morgan fingerprint density at radius 1 is 1.06 bits per heavy atom. The maximum atomic E-state index is 12.4. The molecule has 1 aromatic heterocycles. The van der Waals surface area contributed by atoms with Crippen LogP contribution in [0, 0.1) is 0 Å². The SMILES string of the molecule is CCCOc1ccc(C(=O)NNC(=O)Cc2coc3cc4c(cc23)CCC4)cc1OC. The van der Waals surface area contributed by atoms with Crippen LogP contribution in [0.25, 0.3) is 11.0 Å². The number of furan rings is 1. The quantitative estimate of drug-likeness (QED) is 0.567. The Labute approximate surface area is 180 Å². The van der Waals surface area contributed by atoms with Crippen LogP contribution >= 0.6 is 0 Å². The van der Waals surface area contributed by atoms with Gasteiger partial charge in [-0.3, -0.25) is 20.4 Å². The van der Waals surface area contributed by atoms with Crippen molar-refractivity contribution in [2.45, 2.75) is 39.0 Å². The summed E-state index contributed by atoms with van der Waals surface area (Å²) in [6.07, 6.45) is 5.88. The van der Waals surface area contributed by atoms with Gasteiger partial charge >= 0.3 is 0 Å². The van der Waals surface area contributed by atoms with Crippen LogP contribution in [0.2, 0.25) is 0 Å². The molecule has 2 amide bonds. The number of benzene rings is 2. The average molecular weight is 422 g/mol. The lowest BCUT2D eigenvalue weighted by molar-refractivity contribution is -0.121. The highest BCUT2D eigenvalue weighted by atomic mass is 16.5. The standard InChI is InChI=1S/C24H26N2O5/c1-3-9-30-20-8-7-17(12-22(20)29-2)24(28)26-25-23(27)13-18-14-31-21-11-16-6-4-5-15(16)10-19(18)21/h7-8,10-12,14H,3-6,9,13H2,1-2H3,(H,25,27)(H,26,28). The van der Waals surface area contributed by atoms with Crippen LogP contribution in [-0.4, -0.2) is 25.5 Å². The van der Waals surface area contributed by atoms with Gasteiger partial charge in [0.15, 0.2) is 11.5 Å². The van der Waals surface area contributed by atoms with Crippen molar-refractivity contribution in [3.8, 4) is 11.5 Å². The van der Waals surface area contributed by atoms with E-state index in [2.05, 4.69) is 23.0 Å². The van der Waals surface area contributed by atoms with E-state index in [0.717, 1.165) is 42.2 Å². The van der Waals surface area contributed by atoms with Gasteiger partial charge in [0.25, 0.3) is 5.91 Å². The minimum Gasteiger partial charge on any atom is -0.493 e. The molecule has 4 rings (SSSR count). The normalized spacial score (nSPS) is 12.5. The van der Waals surface area contributed by atoms with Gasteiger partial charge in [0.1, 0.15) is 5.58 Å². The maximum absolute atomic E-state index is 12.4. The van der Waals surface area contributed by atoms with Crippen molar-refractivity contribution < 1.29 is 23.5 Å². The van der Waals surface area contributed by atoms with Crippen molar-refractivity contribution in [3.05, 3.63) is 58.8 Å². The number of fused-ring (bicyclic) bond motifs is 2. The summed E-state index contributed by atoms with van der Waals surface area (Å²) >= 11 is 0. The third kappa shape index (κ3) is 4.50. The Bertz CT molecular complexity index is 1120. The summed E-state index contributed by atoms with van der Waals surface area (Å²) in [7, 11) is 1.52. The molecular weight excluding hydrogens is 396 g/mol. The van der Waals surface area contributed by atoms with E-state index in [-0.39, 0.29) is 12.3 Å². The molecule has 1 heterocycles. The lowest BCUT2D eigenvalue weighted by atomic mass is 10.0. The predicted molar refractivity (Wildman–Crippen MR) is 116 cm³/mol. The molecule has 0 atom stereocenters. The largest absolute Gasteiger partial charge is 0.493 e. The van der Waals surface area contributed by atoms with Crippen LogP contribution in [0.3, 0.4) is 0 Å². The van der Waals surface area contributed by atoms with E-state index >= 15 is 0 Å². The first-order valence-corrected chi connectivity index (χ1v) is 10.5. The molecule has 2 N–H and O–H groups in total. The Kier molecular flexibility index (Phi) is 6.11. The minimum absolute atomic E-state index is 0.110. The van der Waals surface area contributed by atoms with Crippen molar-refractivity contribution in [2.24, 2.45) is 0 Å². The first kappa shape index (κ1) is 20.8. The van der Waals surface area contributed by atoms with E-state index in [9.17, 15) is 9.59 Å². The van der Waals surface area contributed by atoms with Crippen LogP contribution in [0.5, 0.6) is 11.5 Å². The molecule has 0 spiro atoms. The van der Waals surface area contributed by atoms with Gasteiger partial charge in [-0.15, -0.1) is 0 Å². The highest BCUT2D eigenvalue weighted by molar-refractivity contribution is 5.96. The van der Waals surface area contributed by atoms with Crippen molar-refractivity contribution in [1.82, 2.24) is 10.9 Å². The van der Waals surface area contributed by atoms with Crippen LogP contribution in [0.1, 0.15) is 46.8 Å². The lowest BCUT2D eigenvalue weighted by Gasteiger charge is -2.12. The number of carbonyl (C=O) groups is 2. The predicted octanol–water partition coefficient (Wildman–Crippen LogP) is 3.72. The molecule has 1 aliphatic carbocycles. The minimum atomic E-state index is -0.441. The Morgan fingerprint density at radius 3 is 2.65 bits per heavy atom. The van der Waals surface area contributed by atoms with Gasteiger partial charge < -0.3 is 13.9 Å². The van der Waals surface area contributed by atoms with E-state index in [1.165, 1.54) is 18.2 Å². The van der Waals surface area contributed by atoms with Gasteiger partial charge in [0.2, 0.25) is 5.91 Å². The molecule has 0 saturated carbocycles. The fourth-order valence-corrected chi connectivity index (χ4v) is 3.84. The fourth-order valence-electron chi connectivity index (χ4n) is 3.84. The van der Waals surface area contributed by atoms with E-state index in [0.29, 0.717) is 23.7 Å². The summed E-state index contributed by atoms with van der Waals surface area (Å²) in [6, 6.07) is 9.08. The molecule has 7 nitrogen and oxygen atoms in total. The Balaban J connectivity index is 1.38. The highest BCUT2D eigenvalue weighted by Crippen LogP contribution is 2.31. The van der Waals surface area contributed by atoms with Gasteiger partial charge in [-0.25, -0.2) is 0 Å². The molecule has 2 aromatic carbocycles. The molecule has 0 radical (unpaired) electrons. The zero-order valence-corrected chi connectivity index (χ0v) is 17.7. The third-order valence-corrected chi connectivity index (χ3v) is 5.42. The number of hydrazine groups is 1. The second-order valence-corrected chi connectivity index (χ2v) is 7.62. The number of amides is 2.